The van der Waals surface area contributed by atoms with E-state index in [4.69, 9.17) is 4.74 Å². The molecule has 0 atom stereocenters. The number of fused-ring (bicyclic) bond motifs is 1. The second kappa shape index (κ2) is 5.66. The Balaban J connectivity index is 2.01. The van der Waals surface area contributed by atoms with Crippen LogP contribution in [0.4, 0.5) is 0 Å². The lowest BCUT2D eigenvalue weighted by molar-refractivity contribution is 0.103. The third kappa shape index (κ3) is 2.67. The molecule has 0 N–H and O–H groups in total. The van der Waals surface area contributed by atoms with Crippen molar-refractivity contribution in [2.75, 3.05) is 7.11 Å². The number of methoxy groups -OCH3 is 1. The predicted molar refractivity (Wildman–Crippen MR) is 85.9 cm³/mol. The summed E-state index contributed by atoms with van der Waals surface area (Å²) in [5, 5.41) is 1.02. The maximum absolute atomic E-state index is 12.6. The molecule has 0 amide bonds. The molecule has 0 saturated carbocycles. The van der Waals surface area contributed by atoms with Crippen LogP contribution >= 0.6 is 15.9 Å². The van der Waals surface area contributed by atoms with Gasteiger partial charge in [0.15, 0.2) is 5.78 Å². The molecule has 0 bridgehead atoms. The van der Waals surface area contributed by atoms with Crippen molar-refractivity contribution in [1.29, 1.82) is 0 Å². The van der Waals surface area contributed by atoms with Crippen LogP contribution in [0.25, 0.3) is 10.9 Å². The van der Waals surface area contributed by atoms with Crippen LogP contribution in [0.3, 0.4) is 0 Å². The molecule has 2 aromatic carbocycles. The Morgan fingerprint density at radius 1 is 1.10 bits per heavy atom. The molecule has 0 aliphatic rings. The van der Waals surface area contributed by atoms with Crippen LogP contribution in [0.5, 0.6) is 5.75 Å². The zero-order valence-corrected chi connectivity index (χ0v) is 12.9. The lowest BCUT2D eigenvalue weighted by atomic mass is 10.0. The van der Waals surface area contributed by atoms with E-state index in [0.29, 0.717) is 16.9 Å². The van der Waals surface area contributed by atoms with Gasteiger partial charge in [0, 0.05) is 22.7 Å². The van der Waals surface area contributed by atoms with Crippen LogP contribution in [-0.2, 0) is 0 Å². The standard InChI is InChI=1S/C17H12BrNO2/c1-21-16-7-6-12(9-14(16)18)17(20)13-5-4-11-3-2-8-19-15(11)10-13/h2-10H,1H3. The van der Waals surface area contributed by atoms with Crippen molar-refractivity contribution in [2.24, 2.45) is 0 Å². The fourth-order valence-electron chi connectivity index (χ4n) is 2.18. The second-order valence-electron chi connectivity index (χ2n) is 4.59. The molecule has 104 valence electrons. The number of benzene rings is 2. The molecule has 1 heterocycles. The van der Waals surface area contributed by atoms with Gasteiger partial charge in [0.1, 0.15) is 5.75 Å². The number of ether oxygens (including phenoxy) is 1. The highest BCUT2D eigenvalue weighted by Crippen LogP contribution is 2.27. The van der Waals surface area contributed by atoms with E-state index in [1.807, 2.05) is 30.3 Å². The van der Waals surface area contributed by atoms with Gasteiger partial charge in [0.25, 0.3) is 0 Å². The highest BCUT2D eigenvalue weighted by Gasteiger charge is 2.12. The van der Waals surface area contributed by atoms with Gasteiger partial charge in [-0.05, 0) is 46.3 Å². The van der Waals surface area contributed by atoms with E-state index < -0.39 is 0 Å². The summed E-state index contributed by atoms with van der Waals surface area (Å²) in [7, 11) is 1.59. The molecule has 3 rings (SSSR count). The van der Waals surface area contributed by atoms with E-state index in [9.17, 15) is 4.79 Å². The average Bonchev–Trinajstić information content (AvgIpc) is 2.53. The molecule has 0 aliphatic heterocycles. The zero-order chi connectivity index (χ0) is 14.8. The number of hydrogen-bond donors (Lipinski definition) is 0. The zero-order valence-electron chi connectivity index (χ0n) is 11.3. The van der Waals surface area contributed by atoms with Gasteiger partial charge in [0.05, 0.1) is 17.1 Å². The summed E-state index contributed by atoms with van der Waals surface area (Å²) in [6.07, 6.45) is 1.72. The first-order valence-corrected chi connectivity index (χ1v) is 7.21. The van der Waals surface area contributed by atoms with Gasteiger partial charge in [-0.1, -0.05) is 18.2 Å². The molecular weight excluding hydrogens is 330 g/mol. The Morgan fingerprint density at radius 2 is 1.86 bits per heavy atom. The molecule has 0 radical (unpaired) electrons. The van der Waals surface area contributed by atoms with Crippen molar-refractivity contribution >= 4 is 32.6 Å². The molecule has 3 nitrogen and oxygen atoms in total. The molecule has 0 spiro atoms. The van der Waals surface area contributed by atoms with E-state index >= 15 is 0 Å². The minimum Gasteiger partial charge on any atom is -0.496 e. The summed E-state index contributed by atoms with van der Waals surface area (Å²) in [6, 6.07) is 14.7. The van der Waals surface area contributed by atoms with Crippen LogP contribution in [0.15, 0.2) is 59.2 Å². The summed E-state index contributed by atoms with van der Waals surface area (Å²) in [5.41, 5.74) is 2.05. The number of carbonyl (C=O) groups is 1. The lowest BCUT2D eigenvalue weighted by Crippen LogP contribution is -2.01. The Bertz CT molecular complexity index is 830. The quantitative estimate of drug-likeness (QED) is 0.669. The highest BCUT2D eigenvalue weighted by atomic mass is 79.9. The van der Waals surface area contributed by atoms with Crippen molar-refractivity contribution < 1.29 is 9.53 Å². The van der Waals surface area contributed by atoms with Crippen molar-refractivity contribution in [3.05, 3.63) is 70.3 Å². The third-order valence-corrected chi connectivity index (χ3v) is 3.90. The van der Waals surface area contributed by atoms with Crippen LogP contribution in [0.2, 0.25) is 0 Å². The van der Waals surface area contributed by atoms with E-state index in [-0.39, 0.29) is 5.78 Å². The smallest absolute Gasteiger partial charge is 0.193 e. The van der Waals surface area contributed by atoms with E-state index in [1.54, 1.807) is 31.5 Å². The number of halogens is 1. The SMILES string of the molecule is COc1ccc(C(=O)c2ccc3cccnc3c2)cc1Br. The molecule has 0 unspecified atom stereocenters. The largest absolute Gasteiger partial charge is 0.496 e. The van der Waals surface area contributed by atoms with Gasteiger partial charge in [-0.15, -0.1) is 0 Å². The summed E-state index contributed by atoms with van der Waals surface area (Å²) < 4.78 is 5.93. The fourth-order valence-corrected chi connectivity index (χ4v) is 2.72. The predicted octanol–water partition coefficient (Wildman–Crippen LogP) is 4.24. The van der Waals surface area contributed by atoms with E-state index in [0.717, 1.165) is 15.4 Å². The first-order chi connectivity index (χ1) is 10.2. The van der Waals surface area contributed by atoms with Gasteiger partial charge < -0.3 is 4.74 Å². The van der Waals surface area contributed by atoms with Gasteiger partial charge in [-0.3, -0.25) is 9.78 Å². The number of pyridine rings is 1. The number of carbonyl (C=O) groups excluding carboxylic acids is 1. The monoisotopic (exact) mass is 341 g/mol. The van der Waals surface area contributed by atoms with Gasteiger partial charge in [-0.2, -0.15) is 0 Å². The molecule has 0 fully saturated rings. The summed E-state index contributed by atoms with van der Waals surface area (Å²) in [6.45, 7) is 0. The van der Waals surface area contributed by atoms with Crippen LogP contribution < -0.4 is 4.74 Å². The summed E-state index contributed by atoms with van der Waals surface area (Å²) in [5.74, 6) is 0.664. The molecule has 0 aliphatic carbocycles. The van der Waals surface area contributed by atoms with Crippen LogP contribution in [-0.4, -0.2) is 17.9 Å². The van der Waals surface area contributed by atoms with Crippen molar-refractivity contribution in [3.8, 4) is 5.75 Å². The molecule has 1 aromatic heterocycles. The number of rotatable bonds is 3. The molecule has 21 heavy (non-hydrogen) atoms. The molecular formula is C17H12BrNO2. The number of nitrogens with zero attached hydrogens (tertiary/aromatic N) is 1. The number of hydrogen-bond acceptors (Lipinski definition) is 3. The molecule has 4 heteroatoms. The normalized spacial score (nSPS) is 10.6. The third-order valence-electron chi connectivity index (χ3n) is 3.28. The van der Waals surface area contributed by atoms with E-state index in [2.05, 4.69) is 20.9 Å². The first kappa shape index (κ1) is 13.8. The Kier molecular flexibility index (Phi) is 3.71. The number of aromatic nitrogens is 1. The van der Waals surface area contributed by atoms with Crippen LogP contribution in [0, 0.1) is 0 Å². The topological polar surface area (TPSA) is 39.2 Å². The van der Waals surface area contributed by atoms with E-state index in [1.165, 1.54) is 0 Å². The van der Waals surface area contributed by atoms with Crippen molar-refractivity contribution in [2.45, 2.75) is 0 Å². The minimum absolute atomic E-state index is 0.0362. The average molecular weight is 342 g/mol. The number of ketones is 1. The first-order valence-electron chi connectivity index (χ1n) is 6.42. The molecule has 3 aromatic rings. The Hall–Kier alpha value is -2.20. The summed E-state index contributed by atoms with van der Waals surface area (Å²) >= 11 is 3.40. The fraction of sp³-hybridized carbons (Fsp3) is 0.0588. The summed E-state index contributed by atoms with van der Waals surface area (Å²) in [4.78, 5) is 16.8. The Morgan fingerprint density at radius 3 is 2.62 bits per heavy atom. The lowest BCUT2D eigenvalue weighted by Gasteiger charge is -2.06. The van der Waals surface area contributed by atoms with Gasteiger partial charge in [-0.25, -0.2) is 0 Å². The van der Waals surface area contributed by atoms with Crippen molar-refractivity contribution in [1.82, 2.24) is 4.98 Å². The highest BCUT2D eigenvalue weighted by molar-refractivity contribution is 9.10. The van der Waals surface area contributed by atoms with Gasteiger partial charge >= 0.3 is 0 Å². The Labute approximate surface area is 130 Å². The minimum atomic E-state index is -0.0362. The van der Waals surface area contributed by atoms with Crippen molar-refractivity contribution in [3.63, 3.8) is 0 Å². The second-order valence-corrected chi connectivity index (χ2v) is 5.44. The molecule has 0 saturated heterocycles. The van der Waals surface area contributed by atoms with Crippen LogP contribution in [0.1, 0.15) is 15.9 Å². The van der Waals surface area contributed by atoms with Gasteiger partial charge in [0.2, 0.25) is 0 Å². The maximum atomic E-state index is 12.6. The maximum Gasteiger partial charge on any atom is 0.193 e.